The van der Waals surface area contributed by atoms with Crippen LogP contribution in [-0.2, 0) is 4.74 Å². The molecule has 2 aromatic heterocycles. The van der Waals surface area contributed by atoms with Gasteiger partial charge in [0, 0.05) is 48.9 Å². The van der Waals surface area contributed by atoms with Gasteiger partial charge in [-0.2, -0.15) is 4.98 Å². The minimum atomic E-state index is -0.460. The van der Waals surface area contributed by atoms with Crippen LogP contribution in [0.15, 0.2) is 48.8 Å². The van der Waals surface area contributed by atoms with E-state index in [2.05, 4.69) is 30.5 Å². The Hall–Kier alpha value is -3.72. The van der Waals surface area contributed by atoms with Crippen LogP contribution in [0.5, 0.6) is 5.75 Å². The molecule has 0 aliphatic heterocycles. The van der Waals surface area contributed by atoms with Gasteiger partial charge in [-0.15, -0.1) is 0 Å². The Morgan fingerprint density at radius 1 is 1.06 bits per heavy atom. The van der Waals surface area contributed by atoms with Crippen molar-refractivity contribution in [1.82, 2.24) is 19.9 Å². The number of methoxy groups -OCH3 is 2. The van der Waals surface area contributed by atoms with Gasteiger partial charge in [-0.05, 0) is 38.4 Å². The Bertz CT molecular complexity index is 1030. The van der Waals surface area contributed by atoms with E-state index in [0.29, 0.717) is 35.3 Å². The number of benzene rings is 1. The molecule has 0 spiro atoms. The van der Waals surface area contributed by atoms with Crippen LogP contribution in [0.25, 0.3) is 11.3 Å². The fourth-order valence-electron chi connectivity index (χ4n) is 2.85. The number of pyridine rings is 1. The van der Waals surface area contributed by atoms with E-state index in [0.717, 1.165) is 17.8 Å². The standard InChI is InChI=1S/C22H26N6O3/c1-28(2)12-11-24-22-26-18(15-7-9-23-10-8-15)14-20(27-22)25-16-5-6-17(21(29)31-4)19(13-16)30-3/h5-10,13-14H,11-12H2,1-4H3,(H2,24,25,26,27). The Morgan fingerprint density at radius 2 is 1.84 bits per heavy atom. The van der Waals surface area contributed by atoms with Gasteiger partial charge in [-0.1, -0.05) is 0 Å². The van der Waals surface area contributed by atoms with Crippen LogP contribution in [0.3, 0.4) is 0 Å². The zero-order valence-corrected chi connectivity index (χ0v) is 18.0. The number of hydrogen-bond acceptors (Lipinski definition) is 9. The number of hydrogen-bond donors (Lipinski definition) is 2. The first-order chi connectivity index (χ1) is 15.0. The topological polar surface area (TPSA) is 102 Å². The maximum Gasteiger partial charge on any atom is 0.341 e. The lowest BCUT2D eigenvalue weighted by Gasteiger charge is -2.14. The monoisotopic (exact) mass is 422 g/mol. The van der Waals surface area contributed by atoms with Crippen molar-refractivity contribution in [3.63, 3.8) is 0 Å². The maximum absolute atomic E-state index is 11.9. The number of ether oxygens (including phenoxy) is 2. The fraction of sp³-hybridized carbons (Fsp3) is 0.273. The summed E-state index contributed by atoms with van der Waals surface area (Å²) < 4.78 is 10.1. The third-order valence-corrected chi connectivity index (χ3v) is 4.42. The highest BCUT2D eigenvalue weighted by molar-refractivity contribution is 5.93. The summed E-state index contributed by atoms with van der Waals surface area (Å²) in [5.41, 5.74) is 2.74. The fourth-order valence-corrected chi connectivity index (χ4v) is 2.85. The predicted octanol–water partition coefficient (Wildman–Crippen LogP) is 3.05. The Balaban J connectivity index is 1.91. The zero-order valence-electron chi connectivity index (χ0n) is 18.0. The van der Waals surface area contributed by atoms with Crippen LogP contribution in [0.2, 0.25) is 0 Å². The van der Waals surface area contributed by atoms with Crippen LogP contribution in [0.1, 0.15) is 10.4 Å². The number of likely N-dealkylation sites (N-methyl/N-ethyl adjacent to an activating group) is 1. The first-order valence-electron chi connectivity index (χ1n) is 9.71. The van der Waals surface area contributed by atoms with Gasteiger partial charge in [0.15, 0.2) is 0 Å². The highest BCUT2D eigenvalue weighted by atomic mass is 16.5. The van der Waals surface area contributed by atoms with E-state index in [1.807, 2.05) is 32.3 Å². The van der Waals surface area contributed by atoms with E-state index < -0.39 is 5.97 Å². The molecule has 3 aromatic rings. The summed E-state index contributed by atoms with van der Waals surface area (Å²) in [4.78, 5) is 27.3. The number of nitrogens with zero attached hydrogens (tertiary/aromatic N) is 4. The summed E-state index contributed by atoms with van der Waals surface area (Å²) in [6.45, 7) is 1.55. The molecule has 162 valence electrons. The van der Waals surface area contributed by atoms with Gasteiger partial charge >= 0.3 is 5.97 Å². The van der Waals surface area contributed by atoms with Gasteiger partial charge in [0.05, 0.1) is 19.9 Å². The zero-order chi connectivity index (χ0) is 22.2. The molecule has 9 nitrogen and oxygen atoms in total. The molecule has 0 amide bonds. The summed E-state index contributed by atoms with van der Waals surface area (Å²) >= 11 is 0. The van der Waals surface area contributed by atoms with Crippen molar-refractivity contribution in [1.29, 1.82) is 0 Å². The maximum atomic E-state index is 11.9. The lowest BCUT2D eigenvalue weighted by atomic mass is 10.1. The van der Waals surface area contributed by atoms with Crippen LogP contribution < -0.4 is 15.4 Å². The van der Waals surface area contributed by atoms with Gasteiger partial charge in [-0.25, -0.2) is 9.78 Å². The van der Waals surface area contributed by atoms with Crippen molar-refractivity contribution in [3.05, 3.63) is 54.4 Å². The third kappa shape index (κ3) is 5.89. The highest BCUT2D eigenvalue weighted by Gasteiger charge is 2.14. The molecule has 0 saturated heterocycles. The molecule has 0 fully saturated rings. The summed E-state index contributed by atoms with van der Waals surface area (Å²) in [6, 6.07) is 10.8. The number of rotatable bonds is 9. The number of carbonyl (C=O) groups is 1. The number of nitrogens with one attached hydrogen (secondary N) is 2. The van der Waals surface area contributed by atoms with Crippen molar-refractivity contribution in [3.8, 4) is 17.0 Å². The average molecular weight is 422 g/mol. The molecule has 0 unspecified atom stereocenters. The molecule has 0 saturated carbocycles. The number of carbonyl (C=O) groups excluding carboxylic acids is 1. The van der Waals surface area contributed by atoms with Crippen LogP contribution in [0.4, 0.5) is 17.5 Å². The lowest BCUT2D eigenvalue weighted by Crippen LogP contribution is -2.21. The summed E-state index contributed by atoms with van der Waals surface area (Å²) in [6.07, 6.45) is 3.44. The second kappa shape index (κ2) is 10.4. The minimum absolute atomic E-state index is 0.349. The SMILES string of the molecule is COC(=O)c1ccc(Nc2cc(-c3ccncc3)nc(NCCN(C)C)n2)cc1OC. The molecule has 0 radical (unpaired) electrons. The number of anilines is 3. The van der Waals surface area contributed by atoms with Crippen LogP contribution in [-0.4, -0.2) is 67.2 Å². The molecule has 0 bridgehead atoms. The van der Waals surface area contributed by atoms with Crippen molar-refractivity contribution in [2.75, 3.05) is 52.0 Å². The smallest absolute Gasteiger partial charge is 0.341 e. The minimum Gasteiger partial charge on any atom is -0.496 e. The van der Waals surface area contributed by atoms with Crippen LogP contribution in [0, 0.1) is 0 Å². The molecule has 31 heavy (non-hydrogen) atoms. The van der Waals surface area contributed by atoms with Crippen molar-refractivity contribution in [2.45, 2.75) is 0 Å². The predicted molar refractivity (Wildman–Crippen MR) is 120 cm³/mol. The number of aromatic nitrogens is 3. The Kier molecular flexibility index (Phi) is 7.34. The molecule has 9 heteroatoms. The van der Waals surface area contributed by atoms with E-state index in [4.69, 9.17) is 9.47 Å². The highest BCUT2D eigenvalue weighted by Crippen LogP contribution is 2.27. The molecule has 2 heterocycles. The second-order valence-electron chi connectivity index (χ2n) is 6.96. The third-order valence-electron chi connectivity index (χ3n) is 4.42. The van der Waals surface area contributed by atoms with E-state index in [9.17, 15) is 4.79 Å². The van der Waals surface area contributed by atoms with Crippen molar-refractivity contribution < 1.29 is 14.3 Å². The Labute approximate surface area is 181 Å². The molecule has 0 aliphatic carbocycles. The molecule has 0 atom stereocenters. The molecule has 1 aromatic carbocycles. The molecular formula is C22H26N6O3. The van der Waals surface area contributed by atoms with E-state index >= 15 is 0 Å². The normalized spacial score (nSPS) is 10.6. The summed E-state index contributed by atoms with van der Waals surface area (Å²) in [7, 11) is 6.85. The molecule has 0 aliphatic rings. The van der Waals surface area contributed by atoms with Gasteiger partial charge in [0.2, 0.25) is 5.95 Å². The second-order valence-corrected chi connectivity index (χ2v) is 6.96. The van der Waals surface area contributed by atoms with Gasteiger partial charge in [0.1, 0.15) is 17.1 Å². The molecule has 2 N–H and O–H groups in total. The molecular weight excluding hydrogens is 396 g/mol. The van der Waals surface area contributed by atoms with Gasteiger partial charge in [0.25, 0.3) is 0 Å². The average Bonchev–Trinajstić information content (AvgIpc) is 2.78. The van der Waals surface area contributed by atoms with E-state index in [1.165, 1.54) is 14.2 Å². The van der Waals surface area contributed by atoms with E-state index in [-0.39, 0.29) is 0 Å². The first-order valence-corrected chi connectivity index (χ1v) is 9.71. The summed E-state index contributed by atoms with van der Waals surface area (Å²) in [5, 5.41) is 6.52. The largest absolute Gasteiger partial charge is 0.496 e. The van der Waals surface area contributed by atoms with Crippen molar-refractivity contribution >= 4 is 23.4 Å². The Morgan fingerprint density at radius 3 is 2.52 bits per heavy atom. The first kappa shape index (κ1) is 22.0. The molecule has 3 rings (SSSR count). The quantitative estimate of drug-likeness (QED) is 0.504. The van der Waals surface area contributed by atoms with Gasteiger partial charge in [-0.3, -0.25) is 4.98 Å². The van der Waals surface area contributed by atoms with Crippen LogP contribution >= 0.6 is 0 Å². The summed E-state index contributed by atoms with van der Waals surface area (Å²) in [5.74, 6) is 1.06. The van der Waals surface area contributed by atoms with Crippen molar-refractivity contribution in [2.24, 2.45) is 0 Å². The number of esters is 1. The lowest BCUT2D eigenvalue weighted by molar-refractivity contribution is 0.0597. The van der Waals surface area contributed by atoms with Gasteiger partial charge < -0.3 is 25.0 Å². The van der Waals surface area contributed by atoms with E-state index in [1.54, 1.807) is 30.6 Å².